The van der Waals surface area contributed by atoms with Crippen molar-refractivity contribution in [1.29, 1.82) is 0 Å². The molecule has 0 saturated carbocycles. The molecule has 4 nitrogen and oxygen atoms in total. The zero-order valence-electron chi connectivity index (χ0n) is 8.52. The molecule has 2 atom stereocenters. The van der Waals surface area contributed by atoms with Crippen molar-refractivity contribution in [1.82, 2.24) is 5.32 Å². The Bertz CT molecular complexity index is 379. The van der Waals surface area contributed by atoms with Crippen molar-refractivity contribution >= 4 is 22.0 Å². The molecule has 0 spiro atoms. The molecule has 1 aliphatic heterocycles. The van der Waals surface area contributed by atoms with Gasteiger partial charge in [0, 0.05) is 10.9 Å². The van der Waals surface area contributed by atoms with E-state index in [2.05, 4.69) is 21.2 Å². The molecule has 0 aliphatic carbocycles. The summed E-state index contributed by atoms with van der Waals surface area (Å²) in [6.45, 7) is -0.104. The Labute approximate surface area is 102 Å². The lowest BCUT2D eigenvalue weighted by atomic mass is 10.0. The van der Waals surface area contributed by atoms with Crippen LogP contribution in [0, 0.1) is 0 Å². The number of ether oxygens (including phenoxy) is 1. The van der Waals surface area contributed by atoms with Gasteiger partial charge >= 0.3 is 6.09 Å². The number of benzene rings is 1. The fraction of sp³-hybridized carbons (Fsp3) is 0.364. The van der Waals surface area contributed by atoms with Crippen LogP contribution in [0.2, 0.25) is 0 Å². The quantitative estimate of drug-likeness (QED) is 0.884. The lowest BCUT2D eigenvalue weighted by Crippen LogP contribution is -2.36. The number of amides is 1. The number of alkyl carbamates (subject to hydrolysis) is 1. The summed E-state index contributed by atoms with van der Waals surface area (Å²) in [5, 5.41) is 11.6. The average molecular weight is 286 g/mol. The van der Waals surface area contributed by atoms with E-state index >= 15 is 0 Å². The van der Waals surface area contributed by atoms with Gasteiger partial charge < -0.3 is 15.2 Å². The first-order chi connectivity index (χ1) is 7.69. The molecule has 1 aromatic rings. The summed E-state index contributed by atoms with van der Waals surface area (Å²) in [6, 6.07) is 7.49. The van der Waals surface area contributed by atoms with E-state index in [9.17, 15) is 4.79 Å². The molecule has 1 heterocycles. The summed E-state index contributed by atoms with van der Waals surface area (Å²) in [4.78, 5) is 11.0. The summed E-state index contributed by atoms with van der Waals surface area (Å²) < 4.78 is 6.09. The number of hydrogen-bond donors (Lipinski definition) is 2. The number of halogens is 1. The highest BCUT2D eigenvalue weighted by atomic mass is 79.9. The molecule has 1 aliphatic rings. The monoisotopic (exact) mass is 285 g/mol. The first kappa shape index (κ1) is 11.4. The molecule has 5 heteroatoms. The van der Waals surface area contributed by atoms with Crippen molar-refractivity contribution in [3.63, 3.8) is 0 Å². The maximum atomic E-state index is 11.0. The Kier molecular flexibility index (Phi) is 3.46. The third-order valence-electron chi connectivity index (χ3n) is 2.56. The second-order valence-electron chi connectivity index (χ2n) is 3.71. The van der Waals surface area contributed by atoms with Crippen molar-refractivity contribution in [2.75, 3.05) is 6.61 Å². The van der Waals surface area contributed by atoms with Gasteiger partial charge in [0.2, 0.25) is 0 Å². The fourth-order valence-corrected chi connectivity index (χ4v) is 1.96. The first-order valence-electron chi connectivity index (χ1n) is 5.01. The number of aliphatic hydroxyl groups excluding tert-OH is 1. The molecule has 0 radical (unpaired) electrons. The Morgan fingerprint density at radius 1 is 1.38 bits per heavy atom. The third-order valence-corrected chi connectivity index (χ3v) is 3.09. The molecule has 86 valence electrons. The summed E-state index contributed by atoms with van der Waals surface area (Å²) >= 11 is 3.36. The minimum absolute atomic E-state index is 0.104. The maximum absolute atomic E-state index is 11.0. The van der Waals surface area contributed by atoms with Gasteiger partial charge in [-0.05, 0) is 17.7 Å². The Morgan fingerprint density at radius 2 is 2.06 bits per heavy atom. The summed E-state index contributed by atoms with van der Waals surface area (Å²) in [5.74, 6) is 0. The second kappa shape index (κ2) is 4.84. The number of carbonyl (C=O) groups excluding carboxylic acids is 1. The summed E-state index contributed by atoms with van der Waals surface area (Å²) in [7, 11) is 0. The summed E-state index contributed by atoms with van der Waals surface area (Å²) in [5.41, 5.74) is 1.07. The molecule has 2 N–H and O–H groups in total. The van der Waals surface area contributed by atoms with E-state index < -0.39 is 6.09 Å². The van der Waals surface area contributed by atoms with E-state index in [1.54, 1.807) is 0 Å². The minimum Gasteiger partial charge on any atom is -0.444 e. The molecule has 1 amide bonds. The van der Waals surface area contributed by atoms with Crippen LogP contribution in [0.5, 0.6) is 0 Å². The number of carbonyl (C=O) groups is 1. The van der Waals surface area contributed by atoms with Crippen molar-refractivity contribution in [3.8, 4) is 0 Å². The van der Waals surface area contributed by atoms with Gasteiger partial charge in [-0.2, -0.15) is 0 Å². The largest absolute Gasteiger partial charge is 0.444 e. The van der Waals surface area contributed by atoms with E-state index in [4.69, 9.17) is 9.84 Å². The molecule has 1 saturated heterocycles. The van der Waals surface area contributed by atoms with Gasteiger partial charge in [-0.15, -0.1) is 0 Å². The lowest BCUT2D eigenvalue weighted by molar-refractivity contribution is 0.119. The summed E-state index contributed by atoms with van der Waals surface area (Å²) in [6.07, 6.45) is -0.142. The SMILES string of the molecule is O=C1NC(CO)C(Cc2ccc(Br)cc2)O1. The predicted molar refractivity (Wildman–Crippen MR) is 62.1 cm³/mol. The molecule has 16 heavy (non-hydrogen) atoms. The number of rotatable bonds is 3. The second-order valence-corrected chi connectivity index (χ2v) is 4.62. The Hall–Kier alpha value is -1.07. The number of aliphatic hydroxyl groups is 1. The van der Waals surface area contributed by atoms with Crippen LogP contribution >= 0.6 is 15.9 Å². The zero-order valence-corrected chi connectivity index (χ0v) is 10.1. The zero-order chi connectivity index (χ0) is 11.5. The van der Waals surface area contributed by atoms with Gasteiger partial charge in [0.1, 0.15) is 6.10 Å². The van der Waals surface area contributed by atoms with Crippen LogP contribution in [0.15, 0.2) is 28.7 Å². The molecule has 2 unspecified atom stereocenters. The molecule has 1 fully saturated rings. The van der Waals surface area contributed by atoms with E-state index in [1.807, 2.05) is 24.3 Å². The molecular weight excluding hydrogens is 274 g/mol. The Morgan fingerprint density at radius 3 is 2.69 bits per heavy atom. The van der Waals surface area contributed by atoms with Gasteiger partial charge in [-0.3, -0.25) is 0 Å². The van der Waals surface area contributed by atoms with Gasteiger partial charge in [0.05, 0.1) is 12.6 Å². The van der Waals surface area contributed by atoms with Crippen molar-refractivity contribution < 1.29 is 14.6 Å². The van der Waals surface area contributed by atoms with Crippen LogP contribution in [0.4, 0.5) is 4.79 Å². The van der Waals surface area contributed by atoms with E-state index in [1.165, 1.54) is 0 Å². The molecule has 0 bridgehead atoms. The van der Waals surface area contributed by atoms with Crippen LogP contribution in [0.1, 0.15) is 5.56 Å². The van der Waals surface area contributed by atoms with Crippen molar-refractivity contribution in [3.05, 3.63) is 34.3 Å². The molecule has 0 aromatic heterocycles. The topological polar surface area (TPSA) is 58.6 Å². The van der Waals surface area contributed by atoms with Crippen LogP contribution in [-0.4, -0.2) is 30.0 Å². The number of cyclic esters (lactones) is 1. The first-order valence-corrected chi connectivity index (χ1v) is 5.81. The maximum Gasteiger partial charge on any atom is 0.407 e. The molecule has 2 rings (SSSR count). The fourth-order valence-electron chi connectivity index (χ4n) is 1.70. The highest BCUT2D eigenvalue weighted by Gasteiger charge is 2.33. The van der Waals surface area contributed by atoms with Crippen LogP contribution in [0.25, 0.3) is 0 Å². The van der Waals surface area contributed by atoms with Gasteiger partial charge in [0.15, 0.2) is 0 Å². The highest BCUT2D eigenvalue weighted by molar-refractivity contribution is 9.10. The van der Waals surface area contributed by atoms with E-state index in [0.29, 0.717) is 6.42 Å². The smallest absolute Gasteiger partial charge is 0.407 e. The Balaban J connectivity index is 2.03. The average Bonchev–Trinajstić information content (AvgIpc) is 2.62. The number of hydrogen-bond acceptors (Lipinski definition) is 3. The van der Waals surface area contributed by atoms with Crippen LogP contribution < -0.4 is 5.32 Å². The predicted octanol–water partition coefficient (Wildman–Crippen LogP) is 1.46. The molecular formula is C11H12BrNO3. The van der Waals surface area contributed by atoms with Gasteiger partial charge in [-0.25, -0.2) is 4.79 Å². The van der Waals surface area contributed by atoms with Crippen molar-refractivity contribution in [2.24, 2.45) is 0 Å². The standard InChI is InChI=1S/C11H12BrNO3/c12-8-3-1-7(2-4-8)5-10-9(6-14)13-11(15)16-10/h1-4,9-10,14H,5-6H2,(H,13,15). The van der Waals surface area contributed by atoms with Crippen molar-refractivity contribution in [2.45, 2.75) is 18.6 Å². The highest BCUT2D eigenvalue weighted by Crippen LogP contribution is 2.17. The van der Waals surface area contributed by atoms with Gasteiger partial charge in [-0.1, -0.05) is 28.1 Å². The number of nitrogens with one attached hydrogen (secondary N) is 1. The minimum atomic E-state index is -0.457. The van der Waals surface area contributed by atoms with Gasteiger partial charge in [0.25, 0.3) is 0 Å². The van der Waals surface area contributed by atoms with E-state index in [-0.39, 0.29) is 18.8 Å². The van der Waals surface area contributed by atoms with Crippen LogP contribution in [-0.2, 0) is 11.2 Å². The van der Waals surface area contributed by atoms with E-state index in [0.717, 1.165) is 10.0 Å². The third kappa shape index (κ3) is 2.54. The molecule has 1 aromatic carbocycles. The van der Waals surface area contributed by atoms with Crippen LogP contribution in [0.3, 0.4) is 0 Å². The normalized spacial score (nSPS) is 24.0. The lowest BCUT2D eigenvalue weighted by Gasteiger charge is -2.14.